The molecule has 1 saturated heterocycles. The first-order valence-corrected chi connectivity index (χ1v) is 9.05. The summed E-state index contributed by atoms with van der Waals surface area (Å²) in [5.74, 6) is 0.742. The van der Waals surface area contributed by atoms with E-state index in [1.54, 1.807) is 25.3 Å². The molecule has 0 atom stereocenters. The summed E-state index contributed by atoms with van der Waals surface area (Å²) in [6.45, 7) is 8.98. The normalized spacial score (nSPS) is 16.2. The number of aliphatic imine (C=N–C) groups is 1. The molecule has 0 radical (unpaired) electrons. The highest BCUT2D eigenvalue weighted by Gasteiger charge is 2.26. The average molecular weight is 358 g/mol. The van der Waals surface area contributed by atoms with Crippen LogP contribution >= 0.6 is 0 Å². The smallest absolute Gasteiger partial charge is 0.323 e. The van der Waals surface area contributed by atoms with Gasteiger partial charge >= 0.3 is 6.03 Å². The molecular formula is C20H30N4O2. The standard InChI is InChI=1S/C20H30N4O2/c1-6-24-12-10-17(11-13-24)23(4)20(25)22(3)15-19(21-2)16-8-7-9-18(14-16)26-5/h7-9,14-15,17H,2,6,10-13H2,1,3-5H3. The monoisotopic (exact) mass is 358 g/mol. The molecule has 1 aliphatic rings. The Morgan fingerprint density at radius 3 is 2.65 bits per heavy atom. The van der Waals surface area contributed by atoms with E-state index >= 15 is 0 Å². The molecule has 0 bridgehead atoms. The van der Waals surface area contributed by atoms with Gasteiger partial charge in [0, 0.05) is 45.0 Å². The summed E-state index contributed by atoms with van der Waals surface area (Å²) >= 11 is 0. The first-order valence-electron chi connectivity index (χ1n) is 9.05. The number of nitrogens with zero attached hydrogens (tertiary/aromatic N) is 4. The molecule has 1 aliphatic heterocycles. The summed E-state index contributed by atoms with van der Waals surface area (Å²) < 4.78 is 5.26. The van der Waals surface area contributed by atoms with Gasteiger partial charge in [-0.2, -0.15) is 0 Å². The lowest BCUT2D eigenvalue weighted by Crippen LogP contribution is -2.48. The molecule has 0 spiro atoms. The zero-order valence-corrected chi connectivity index (χ0v) is 16.3. The second-order valence-electron chi connectivity index (χ2n) is 6.57. The fourth-order valence-electron chi connectivity index (χ4n) is 3.26. The third kappa shape index (κ3) is 4.85. The van der Waals surface area contributed by atoms with Crippen LogP contribution in [0.15, 0.2) is 35.5 Å². The van der Waals surface area contributed by atoms with E-state index in [0.717, 1.165) is 43.8 Å². The zero-order chi connectivity index (χ0) is 19.1. The number of benzene rings is 1. The number of carbonyl (C=O) groups is 1. The Morgan fingerprint density at radius 1 is 1.38 bits per heavy atom. The summed E-state index contributed by atoms with van der Waals surface area (Å²) in [6, 6.07) is 7.80. The zero-order valence-electron chi connectivity index (χ0n) is 16.3. The van der Waals surface area contributed by atoms with Crippen LogP contribution in [0.5, 0.6) is 5.75 Å². The van der Waals surface area contributed by atoms with Crippen molar-refractivity contribution >= 4 is 18.4 Å². The van der Waals surface area contributed by atoms with Gasteiger partial charge in [0.25, 0.3) is 0 Å². The highest BCUT2D eigenvalue weighted by Crippen LogP contribution is 2.22. The van der Waals surface area contributed by atoms with Crippen molar-refractivity contribution in [1.82, 2.24) is 14.7 Å². The van der Waals surface area contributed by atoms with E-state index in [-0.39, 0.29) is 12.1 Å². The van der Waals surface area contributed by atoms with Gasteiger partial charge in [-0.1, -0.05) is 19.1 Å². The van der Waals surface area contributed by atoms with Crippen LogP contribution in [0.4, 0.5) is 4.79 Å². The van der Waals surface area contributed by atoms with Crippen LogP contribution in [0.1, 0.15) is 25.3 Å². The third-order valence-electron chi connectivity index (χ3n) is 5.01. The van der Waals surface area contributed by atoms with Crippen LogP contribution in [0.2, 0.25) is 0 Å². The van der Waals surface area contributed by atoms with E-state index in [0.29, 0.717) is 5.70 Å². The number of carbonyl (C=O) groups excluding carboxylic acids is 1. The molecule has 0 N–H and O–H groups in total. The summed E-state index contributed by atoms with van der Waals surface area (Å²) in [7, 11) is 5.26. The number of hydrogen-bond acceptors (Lipinski definition) is 4. The predicted molar refractivity (Wildman–Crippen MR) is 107 cm³/mol. The maximum Gasteiger partial charge on any atom is 0.323 e. The Balaban J connectivity index is 2.07. The van der Waals surface area contributed by atoms with Crippen molar-refractivity contribution in [1.29, 1.82) is 0 Å². The molecule has 0 aliphatic carbocycles. The summed E-state index contributed by atoms with van der Waals surface area (Å²) in [6.07, 6.45) is 3.74. The molecule has 0 aromatic heterocycles. The lowest BCUT2D eigenvalue weighted by Gasteiger charge is -2.37. The van der Waals surface area contributed by atoms with Gasteiger partial charge in [-0.15, -0.1) is 0 Å². The Morgan fingerprint density at radius 2 is 2.08 bits per heavy atom. The van der Waals surface area contributed by atoms with Crippen LogP contribution < -0.4 is 4.74 Å². The molecule has 26 heavy (non-hydrogen) atoms. The molecule has 6 heteroatoms. The molecule has 1 aromatic carbocycles. The van der Waals surface area contributed by atoms with Crippen molar-refractivity contribution in [3.05, 3.63) is 36.0 Å². The highest BCUT2D eigenvalue weighted by atomic mass is 16.5. The van der Waals surface area contributed by atoms with E-state index in [2.05, 4.69) is 23.5 Å². The first-order chi connectivity index (χ1) is 12.5. The molecule has 142 valence electrons. The van der Waals surface area contributed by atoms with Crippen molar-refractivity contribution in [3.8, 4) is 5.75 Å². The SMILES string of the molecule is C=NC(=CN(C)C(=O)N(C)C1CCN(CC)CC1)c1cccc(OC)c1. The van der Waals surface area contributed by atoms with Gasteiger partial charge in [0.15, 0.2) is 0 Å². The molecule has 1 aromatic rings. The van der Waals surface area contributed by atoms with E-state index in [4.69, 9.17) is 4.74 Å². The summed E-state index contributed by atoms with van der Waals surface area (Å²) in [5, 5.41) is 0. The number of methoxy groups -OCH3 is 1. The van der Waals surface area contributed by atoms with Gasteiger partial charge in [0.2, 0.25) is 0 Å². The lowest BCUT2D eigenvalue weighted by molar-refractivity contribution is 0.126. The largest absolute Gasteiger partial charge is 0.497 e. The van der Waals surface area contributed by atoms with Crippen LogP contribution in [0.3, 0.4) is 0 Å². The van der Waals surface area contributed by atoms with Gasteiger partial charge in [-0.05, 0) is 38.2 Å². The van der Waals surface area contributed by atoms with Crippen molar-refractivity contribution in [2.24, 2.45) is 4.99 Å². The maximum absolute atomic E-state index is 12.8. The predicted octanol–water partition coefficient (Wildman–Crippen LogP) is 3.16. The molecule has 0 saturated carbocycles. The number of hydrogen-bond donors (Lipinski definition) is 0. The number of piperidine rings is 1. The Labute approximate surface area is 156 Å². The van der Waals surface area contributed by atoms with Crippen molar-refractivity contribution in [2.75, 3.05) is 40.8 Å². The van der Waals surface area contributed by atoms with Gasteiger partial charge < -0.3 is 19.4 Å². The maximum atomic E-state index is 12.8. The number of urea groups is 1. The summed E-state index contributed by atoms with van der Waals surface area (Å²) in [5.41, 5.74) is 1.49. The Bertz CT molecular complexity index is 651. The van der Waals surface area contributed by atoms with Gasteiger partial charge in [0.05, 0.1) is 12.8 Å². The van der Waals surface area contributed by atoms with Gasteiger partial charge in [-0.3, -0.25) is 4.99 Å². The van der Waals surface area contributed by atoms with Crippen LogP contribution in [0.25, 0.3) is 5.70 Å². The van der Waals surface area contributed by atoms with Gasteiger partial charge in [0.1, 0.15) is 5.75 Å². The molecule has 1 fully saturated rings. The molecule has 2 amide bonds. The summed E-state index contributed by atoms with van der Waals surface area (Å²) in [4.78, 5) is 22.7. The second kappa shape index (κ2) is 9.38. The van der Waals surface area contributed by atoms with Crippen LogP contribution in [-0.2, 0) is 0 Å². The quantitative estimate of drug-likeness (QED) is 0.734. The molecule has 6 nitrogen and oxygen atoms in total. The second-order valence-corrected chi connectivity index (χ2v) is 6.57. The molecule has 2 rings (SSSR count). The minimum atomic E-state index is -0.0380. The van der Waals surface area contributed by atoms with E-state index in [1.807, 2.05) is 36.2 Å². The van der Waals surface area contributed by atoms with Crippen LogP contribution in [0, 0.1) is 0 Å². The van der Waals surface area contributed by atoms with Gasteiger partial charge in [-0.25, -0.2) is 4.79 Å². The minimum Gasteiger partial charge on any atom is -0.497 e. The fraction of sp³-hybridized carbons (Fsp3) is 0.500. The number of amides is 2. The average Bonchev–Trinajstić information content (AvgIpc) is 2.70. The van der Waals surface area contributed by atoms with Crippen molar-refractivity contribution < 1.29 is 9.53 Å². The molecule has 1 heterocycles. The van der Waals surface area contributed by atoms with Crippen molar-refractivity contribution in [3.63, 3.8) is 0 Å². The third-order valence-corrected chi connectivity index (χ3v) is 5.01. The molecule has 0 unspecified atom stereocenters. The minimum absolute atomic E-state index is 0.0380. The van der Waals surface area contributed by atoms with E-state index in [1.165, 1.54) is 0 Å². The topological polar surface area (TPSA) is 48.4 Å². The lowest BCUT2D eigenvalue weighted by atomic mass is 10.0. The highest BCUT2D eigenvalue weighted by molar-refractivity contribution is 5.78. The van der Waals surface area contributed by atoms with Crippen molar-refractivity contribution in [2.45, 2.75) is 25.8 Å². The van der Waals surface area contributed by atoms with E-state index < -0.39 is 0 Å². The number of likely N-dealkylation sites (tertiary alicyclic amines) is 1. The number of ether oxygens (including phenoxy) is 1. The Kier molecular flexibility index (Phi) is 7.21. The number of rotatable bonds is 6. The fourth-order valence-corrected chi connectivity index (χ4v) is 3.26. The molecular weight excluding hydrogens is 328 g/mol. The first kappa shape index (κ1) is 20.0. The Hall–Kier alpha value is -2.34. The van der Waals surface area contributed by atoms with Crippen LogP contribution in [-0.4, -0.2) is 74.3 Å². The van der Waals surface area contributed by atoms with E-state index in [9.17, 15) is 4.79 Å².